The fraction of sp³-hybridized carbons (Fsp3) is 0.304. The van der Waals surface area contributed by atoms with Gasteiger partial charge in [-0.2, -0.15) is 0 Å². The minimum absolute atomic E-state index is 0.0614. The zero-order valence-electron chi connectivity index (χ0n) is 17.8. The van der Waals surface area contributed by atoms with Crippen LogP contribution in [-0.4, -0.2) is 52.9 Å². The zero-order chi connectivity index (χ0) is 23.2. The first kappa shape index (κ1) is 21.8. The molecule has 2 unspecified atom stereocenters. The van der Waals surface area contributed by atoms with Gasteiger partial charge in [0.25, 0.3) is 11.8 Å². The Kier molecular flexibility index (Phi) is 5.54. The molecule has 10 heteroatoms. The summed E-state index contributed by atoms with van der Waals surface area (Å²) < 4.78 is 5.67. The first-order chi connectivity index (χ1) is 15.9. The van der Waals surface area contributed by atoms with Gasteiger partial charge in [0.05, 0.1) is 18.3 Å². The molecule has 170 valence electrons. The highest BCUT2D eigenvalue weighted by Gasteiger charge is 2.55. The van der Waals surface area contributed by atoms with Gasteiger partial charge in [-0.3, -0.25) is 24.4 Å². The summed E-state index contributed by atoms with van der Waals surface area (Å²) in [5, 5.41) is 3.90. The number of hydrogen-bond acceptors (Lipinski definition) is 6. The number of urea groups is 1. The molecule has 3 aliphatic heterocycles. The van der Waals surface area contributed by atoms with E-state index in [4.69, 9.17) is 16.3 Å². The Hall–Kier alpha value is -3.04. The number of rotatable bonds is 3. The fourth-order valence-corrected chi connectivity index (χ4v) is 5.43. The van der Waals surface area contributed by atoms with E-state index in [1.165, 1.54) is 16.7 Å². The van der Waals surface area contributed by atoms with Gasteiger partial charge in [0, 0.05) is 22.8 Å². The summed E-state index contributed by atoms with van der Waals surface area (Å²) in [4.78, 5) is 46.9. The molecule has 2 aromatic carbocycles. The molecular formula is C23H21ClN4O4S. The van der Waals surface area contributed by atoms with Crippen LogP contribution in [0.25, 0.3) is 0 Å². The zero-order valence-corrected chi connectivity index (χ0v) is 19.4. The molecule has 0 saturated carbocycles. The smallest absolute Gasteiger partial charge is 0.325 e. The second-order valence-corrected chi connectivity index (χ2v) is 9.52. The number of aliphatic imine (C=N–C) groups is 1. The normalized spacial score (nSPS) is 23.8. The first-order valence-corrected chi connectivity index (χ1v) is 11.9. The minimum Gasteiger partial charge on any atom is -0.493 e. The van der Waals surface area contributed by atoms with E-state index in [1.807, 2.05) is 13.0 Å². The van der Waals surface area contributed by atoms with Crippen LogP contribution >= 0.6 is 23.4 Å². The molecule has 5 rings (SSSR count). The third-order valence-corrected chi connectivity index (χ3v) is 7.31. The predicted octanol–water partition coefficient (Wildman–Crippen LogP) is 3.39. The molecular weight excluding hydrogens is 464 g/mol. The summed E-state index contributed by atoms with van der Waals surface area (Å²) >= 11 is 7.48. The fourth-order valence-electron chi connectivity index (χ4n) is 4.25. The number of thioether (sulfide) groups is 1. The van der Waals surface area contributed by atoms with Gasteiger partial charge in [0.1, 0.15) is 12.3 Å². The van der Waals surface area contributed by atoms with E-state index in [0.717, 1.165) is 10.7 Å². The van der Waals surface area contributed by atoms with Gasteiger partial charge >= 0.3 is 6.03 Å². The van der Waals surface area contributed by atoms with Crippen LogP contribution in [0.15, 0.2) is 53.5 Å². The molecule has 4 amide bonds. The Balaban J connectivity index is 1.45. The summed E-state index contributed by atoms with van der Waals surface area (Å²) in [6.07, 6.45) is 0.292. The number of imide groups is 1. The minimum atomic E-state index is -1.23. The van der Waals surface area contributed by atoms with Crippen molar-refractivity contribution >= 4 is 52.1 Å². The predicted molar refractivity (Wildman–Crippen MR) is 127 cm³/mol. The molecule has 1 spiro atoms. The van der Waals surface area contributed by atoms with E-state index in [1.54, 1.807) is 42.5 Å². The van der Waals surface area contributed by atoms with E-state index in [-0.39, 0.29) is 12.6 Å². The topological polar surface area (TPSA) is 91.3 Å². The van der Waals surface area contributed by atoms with Crippen LogP contribution < -0.4 is 15.0 Å². The Labute approximate surface area is 199 Å². The van der Waals surface area contributed by atoms with Crippen molar-refractivity contribution in [1.82, 2.24) is 10.2 Å². The molecule has 2 atom stereocenters. The Bertz CT molecular complexity index is 1170. The number of halogens is 1. The van der Waals surface area contributed by atoms with Crippen molar-refractivity contribution in [3.63, 3.8) is 0 Å². The highest BCUT2D eigenvalue weighted by Crippen LogP contribution is 2.41. The highest BCUT2D eigenvalue weighted by atomic mass is 35.5. The van der Waals surface area contributed by atoms with Crippen molar-refractivity contribution in [3.05, 3.63) is 59.1 Å². The number of amides is 4. The Morgan fingerprint density at radius 2 is 2.03 bits per heavy atom. The molecule has 1 N–H and O–H groups in total. The van der Waals surface area contributed by atoms with Crippen LogP contribution in [0.2, 0.25) is 5.02 Å². The average Bonchev–Trinajstić information content (AvgIpc) is 3.32. The number of carbonyl (C=O) groups excluding carboxylic acids is 3. The maximum atomic E-state index is 13.5. The van der Waals surface area contributed by atoms with E-state index < -0.39 is 29.9 Å². The van der Waals surface area contributed by atoms with Crippen molar-refractivity contribution in [2.45, 2.75) is 24.9 Å². The molecule has 3 heterocycles. The number of ether oxygens (including phenoxy) is 1. The maximum Gasteiger partial charge on any atom is 0.325 e. The number of hydrogen-bond donors (Lipinski definition) is 1. The second kappa shape index (κ2) is 8.39. The van der Waals surface area contributed by atoms with Crippen molar-refractivity contribution in [3.8, 4) is 5.75 Å². The summed E-state index contributed by atoms with van der Waals surface area (Å²) in [5.41, 5.74) is -0.0579. The summed E-state index contributed by atoms with van der Waals surface area (Å²) in [6.45, 7) is 1.84. The molecule has 33 heavy (non-hydrogen) atoms. The van der Waals surface area contributed by atoms with E-state index >= 15 is 0 Å². The average molecular weight is 485 g/mol. The number of nitrogens with one attached hydrogen (secondary N) is 1. The molecule has 2 aromatic rings. The lowest BCUT2D eigenvalue weighted by molar-refractivity contribution is -0.135. The number of carbonyl (C=O) groups is 3. The number of amidine groups is 1. The summed E-state index contributed by atoms with van der Waals surface area (Å²) in [6, 6.07) is 13.4. The van der Waals surface area contributed by atoms with Gasteiger partial charge in [-0.05, 0) is 37.3 Å². The molecule has 0 aromatic heterocycles. The monoisotopic (exact) mass is 484 g/mol. The van der Waals surface area contributed by atoms with E-state index in [0.29, 0.717) is 33.6 Å². The van der Waals surface area contributed by atoms with Crippen LogP contribution in [0.4, 0.5) is 10.5 Å². The summed E-state index contributed by atoms with van der Waals surface area (Å²) in [7, 11) is 0. The van der Waals surface area contributed by atoms with Crippen LogP contribution in [0, 0.1) is 0 Å². The molecule has 0 radical (unpaired) electrons. The summed E-state index contributed by atoms with van der Waals surface area (Å²) in [5.74, 6) is 0.412. The maximum absolute atomic E-state index is 13.5. The van der Waals surface area contributed by atoms with Gasteiger partial charge in [-0.1, -0.05) is 41.6 Å². The van der Waals surface area contributed by atoms with Crippen molar-refractivity contribution in [1.29, 1.82) is 0 Å². The van der Waals surface area contributed by atoms with Gasteiger partial charge in [-0.25, -0.2) is 4.79 Å². The van der Waals surface area contributed by atoms with Gasteiger partial charge in [0.2, 0.25) is 0 Å². The SMILES string of the molecule is CC1CSC(N(C(=O)CN2C(=O)NC3(CCOc4ccccc43)C2=O)c2ccc(Cl)cc2)=N1. The number of benzene rings is 2. The number of para-hydroxylation sites is 1. The lowest BCUT2D eigenvalue weighted by Crippen LogP contribution is -2.48. The molecule has 8 nitrogen and oxygen atoms in total. The highest BCUT2D eigenvalue weighted by molar-refractivity contribution is 8.14. The van der Waals surface area contributed by atoms with E-state index in [9.17, 15) is 14.4 Å². The largest absolute Gasteiger partial charge is 0.493 e. The van der Waals surface area contributed by atoms with Gasteiger partial charge < -0.3 is 10.1 Å². The van der Waals surface area contributed by atoms with Crippen LogP contribution in [0.5, 0.6) is 5.75 Å². The molecule has 3 aliphatic rings. The van der Waals surface area contributed by atoms with Crippen molar-refractivity contribution in [2.24, 2.45) is 4.99 Å². The van der Waals surface area contributed by atoms with Gasteiger partial charge in [-0.15, -0.1) is 0 Å². The first-order valence-electron chi connectivity index (χ1n) is 10.5. The van der Waals surface area contributed by atoms with E-state index in [2.05, 4.69) is 10.3 Å². The second-order valence-electron chi connectivity index (χ2n) is 8.10. The number of nitrogens with zero attached hydrogens (tertiary/aromatic N) is 3. The lowest BCUT2D eigenvalue weighted by atomic mass is 9.84. The van der Waals surface area contributed by atoms with Crippen LogP contribution in [-0.2, 0) is 15.1 Å². The molecule has 1 fully saturated rings. The molecule has 0 bridgehead atoms. The van der Waals surface area contributed by atoms with Gasteiger partial charge in [0.15, 0.2) is 10.7 Å². The number of fused-ring (bicyclic) bond motifs is 2. The van der Waals surface area contributed by atoms with Crippen molar-refractivity contribution in [2.75, 3.05) is 23.8 Å². The lowest BCUT2D eigenvalue weighted by Gasteiger charge is -2.33. The molecule has 1 saturated heterocycles. The third kappa shape index (κ3) is 3.75. The van der Waals surface area contributed by atoms with Crippen LogP contribution in [0.1, 0.15) is 18.9 Å². The third-order valence-electron chi connectivity index (χ3n) is 5.86. The van der Waals surface area contributed by atoms with Crippen molar-refractivity contribution < 1.29 is 19.1 Å². The molecule has 0 aliphatic carbocycles. The quantitative estimate of drug-likeness (QED) is 0.674. The standard InChI is InChI=1S/C23H21ClN4O4S/c1-14-13-33-22(25-14)28(16-8-6-15(24)7-9-16)19(29)12-27-20(30)23(26-21(27)31)10-11-32-18-5-3-2-4-17(18)23/h2-9,14H,10-13H2,1H3,(H,26,31). The Morgan fingerprint density at radius 3 is 2.76 bits per heavy atom. The Morgan fingerprint density at radius 1 is 1.27 bits per heavy atom. The number of anilines is 1. The van der Waals surface area contributed by atoms with Crippen LogP contribution in [0.3, 0.4) is 0 Å².